The van der Waals surface area contributed by atoms with Crippen LogP contribution in [0.3, 0.4) is 0 Å². The van der Waals surface area contributed by atoms with Crippen LogP contribution in [0, 0.1) is 5.92 Å². The van der Waals surface area contributed by atoms with Crippen molar-refractivity contribution in [1.82, 2.24) is 0 Å². The topological polar surface area (TPSA) is 84.9 Å². The number of ether oxygens (including phenoxy) is 2. The Morgan fingerprint density at radius 2 is 1.76 bits per heavy atom. The number of anilines is 2. The van der Waals surface area contributed by atoms with Crippen LogP contribution in [0.1, 0.15) is 38.1 Å². The number of carbonyl (C=O) groups excluding carboxylic acids is 3. The second kappa shape index (κ2) is 8.65. The molecule has 1 aromatic heterocycles. The summed E-state index contributed by atoms with van der Waals surface area (Å²) >= 11 is 1.34. The Labute approximate surface area is 240 Å². The van der Waals surface area contributed by atoms with Crippen LogP contribution in [0.4, 0.5) is 11.4 Å². The SMILES string of the molecule is CC1=C[C@@H]2N(c3ccccc31)[C@H](C(=O)c1cccs1)[C@@H](C(=O)c1ccc3c(c1)OCO3)[C@]21C(=O)Nc2ccccc21. The fourth-order valence-corrected chi connectivity index (χ4v) is 7.88. The molecule has 1 saturated heterocycles. The molecule has 8 heteroatoms. The van der Waals surface area contributed by atoms with Gasteiger partial charge in [0.05, 0.1) is 16.8 Å². The average molecular weight is 561 g/mol. The number of hydrogen-bond donors (Lipinski definition) is 1. The fraction of sp³-hybridized carbons (Fsp3) is 0.182. The van der Waals surface area contributed by atoms with Crippen LogP contribution in [0.2, 0.25) is 0 Å². The summed E-state index contributed by atoms with van der Waals surface area (Å²) < 4.78 is 11.1. The Balaban J connectivity index is 1.43. The quantitative estimate of drug-likeness (QED) is 0.321. The summed E-state index contributed by atoms with van der Waals surface area (Å²) in [6.45, 7) is 2.10. The maximum Gasteiger partial charge on any atom is 0.238 e. The van der Waals surface area contributed by atoms with Gasteiger partial charge in [-0.15, -0.1) is 11.3 Å². The van der Waals surface area contributed by atoms with E-state index in [1.54, 1.807) is 24.3 Å². The second-order valence-corrected chi connectivity index (χ2v) is 11.7. The molecule has 0 aliphatic carbocycles. The first-order chi connectivity index (χ1) is 20.0. The highest BCUT2D eigenvalue weighted by atomic mass is 32.1. The predicted octanol–water partition coefficient (Wildman–Crippen LogP) is 5.72. The zero-order valence-corrected chi connectivity index (χ0v) is 22.8. The molecule has 0 unspecified atom stereocenters. The van der Waals surface area contributed by atoms with Crippen molar-refractivity contribution in [2.45, 2.75) is 24.4 Å². The molecule has 4 aliphatic heterocycles. The molecule has 4 atom stereocenters. The molecule has 5 heterocycles. The molecule has 0 radical (unpaired) electrons. The summed E-state index contributed by atoms with van der Waals surface area (Å²) in [6, 6.07) is 22.6. The Kier molecular flexibility index (Phi) is 5.09. The third kappa shape index (κ3) is 3.16. The van der Waals surface area contributed by atoms with Gasteiger partial charge in [-0.2, -0.15) is 0 Å². The van der Waals surface area contributed by atoms with Gasteiger partial charge >= 0.3 is 0 Å². The highest BCUT2D eigenvalue weighted by Gasteiger charge is 2.70. The predicted molar refractivity (Wildman–Crippen MR) is 156 cm³/mol. The van der Waals surface area contributed by atoms with Crippen molar-refractivity contribution < 1.29 is 23.9 Å². The summed E-state index contributed by atoms with van der Waals surface area (Å²) in [6.07, 6.45) is 2.06. The van der Waals surface area contributed by atoms with Crippen molar-refractivity contribution >= 4 is 45.8 Å². The fourth-order valence-electron chi connectivity index (χ4n) is 7.18. The summed E-state index contributed by atoms with van der Waals surface area (Å²) in [7, 11) is 0. The number of thiophene rings is 1. The molecule has 1 spiro atoms. The van der Waals surface area contributed by atoms with Gasteiger partial charge in [-0.25, -0.2) is 0 Å². The number of Topliss-reactive ketones (excluding diaryl/α,β-unsaturated/α-hetero) is 2. The van der Waals surface area contributed by atoms with Crippen molar-refractivity contribution in [3.05, 3.63) is 112 Å². The molecule has 1 amide bonds. The first kappa shape index (κ1) is 24.1. The first-order valence-corrected chi connectivity index (χ1v) is 14.4. The van der Waals surface area contributed by atoms with E-state index in [4.69, 9.17) is 9.47 Å². The molecular weight excluding hydrogens is 536 g/mol. The minimum Gasteiger partial charge on any atom is -0.454 e. The zero-order valence-electron chi connectivity index (χ0n) is 22.0. The molecule has 1 fully saturated rings. The lowest BCUT2D eigenvalue weighted by Crippen LogP contribution is -2.51. The van der Waals surface area contributed by atoms with Gasteiger partial charge in [-0.1, -0.05) is 48.5 Å². The van der Waals surface area contributed by atoms with Crippen LogP contribution in [-0.2, 0) is 10.2 Å². The van der Waals surface area contributed by atoms with E-state index in [2.05, 4.69) is 11.4 Å². The average Bonchev–Trinajstić information content (AvgIpc) is 3.79. The number of nitrogens with zero attached hydrogens (tertiary/aromatic N) is 1. The molecule has 8 rings (SSSR count). The molecule has 4 aromatic rings. The summed E-state index contributed by atoms with van der Waals surface area (Å²) in [5.41, 5.74) is 3.22. The Hall–Kier alpha value is -4.69. The van der Waals surface area contributed by atoms with Gasteiger partial charge in [-0.05, 0) is 59.8 Å². The van der Waals surface area contributed by atoms with Crippen LogP contribution in [0.25, 0.3) is 5.57 Å². The van der Waals surface area contributed by atoms with Crippen molar-refractivity contribution in [1.29, 1.82) is 0 Å². The molecule has 1 N–H and O–H groups in total. The molecular formula is C33H24N2O5S. The van der Waals surface area contributed by atoms with Crippen LogP contribution in [0.15, 0.2) is 90.3 Å². The minimum atomic E-state index is -1.35. The summed E-state index contributed by atoms with van der Waals surface area (Å²) in [5, 5.41) is 4.93. The van der Waals surface area contributed by atoms with Crippen LogP contribution in [-0.4, -0.2) is 36.4 Å². The van der Waals surface area contributed by atoms with Gasteiger partial charge < -0.3 is 19.7 Å². The van der Waals surface area contributed by atoms with E-state index >= 15 is 0 Å². The number of allylic oxidation sites excluding steroid dienone is 1. The van der Waals surface area contributed by atoms with Gasteiger partial charge in [0.1, 0.15) is 11.5 Å². The Bertz CT molecular complexity index is 1810. The highest BCUT2D eigenvalue weighted by molar-refractivity contribution is 7.12. The van der Waals surface area contributed by atoms with Gasteiger partial charge in [0.25, 0.3) is 0 Å². The van der Waals surface area contributed by atoms with Gasteiger partial charge in [0, 0.05) is 22.5 Å². The minimum absolute atomic E-state index is 0.0757. The van der Waals surface area contributed by atoms with E-state index in [1.807, 2.05) is 71.8 Å². The van der Waals surface area contributed by atoms with Crippen molar-refractivity contribution in [3.63, 3.8) is 0 Å². The molecule has 0 bridgehead atoms. The van der Waals surface area contributed by atoms with Crippen LogP contribution < -0.4 is 19.7 Å². The third-order valence-electron chi connectivity index (χ3n) is 8.86. The summed E-state index contributed by atoms with van der Waals surface area (Å²) in [5.74, 6) is -0.746. The van der Waals surface area contributed by atoms with Crippen molar-refractivity contribution in [3.8, 4) is 11.5 Å². The molecule has 4 aliphatic rings. The van der Waals surface area contributed by atoms with Crippen molar-refractivity contribution in [2.24, 2.45) is 5.92 Å². The zero-order chi connectivity index (χ0) is 27.9. The molecule has 202 valence electrons. The van der Waals surface area contributed by atoms with E-state index in [9.17, 15) is 14.4 Å². The molecule has 0 saturated carbocycles. The standard InChI is InChI=1S/C33H24N2O5S/c1-18-15-27-33(21-8-3-4-9-22(21)34-32(33)38)28(30(36)19-12-13-24-25(16-19)40-17-39-24)29(31(37)26-11-6-14-41-26)35(27)23-10-5-2-7-20(18)23/h2-16,27-29H,17H2,1H3,(H,34,38)/t27-,28-,29-,33+/m0/s1. The smallest absolute Gasteiger partial charge is 0.238 e. The van der Waals surface area contributed by atoms with Crippen molar-refractivity contribution in [2.75, 3.05) is 17.0 Å². The maximum atomic E-state index is 14.9. The van der Waals surface area contributed by atoms with E-state index < -0.39 is 23.4 Å². The van der Waals surface area contributed by atoms with E-state index in [-0.39, 0.29) is 24.3 Å². The van der Waals surface area contributed by atoms with Gasteiger partial charge in [0.2, 0.25) is 12.7 Å². The Morgan fingerprint density at radius 3 is 2.61 bits per heavy atom. The maximum absolute atomic E-state index is 14.9. The Morgan fingerprint density at radius 1 is 0.951 bits per heavy atom. The number of para-hydroxylation sites is 2. The van der Waals surface area contributed by atoms with Crippen LogP contribution >= 0.6 is 11.3 Å². The van der Waals surface area contributed by atoms with E-state index in [0.29, 0.717) is 27.6 Å². The normalized spacial score (nSPS) is 24.9. The van der Waals surface area contributed by atoms with E-state index in [0.717, 1.165) is 22.4 Å². The van der Waals surface area contributed by atoms with Gasteiger partial charge in [0.15, 0.2) is 23.1 Å². The highest BCUT2D eigenvalue weighted by Crippen LogP contribution is 2.59. The molecule has 3 aromatic carbocycles. The van der Waals surface area contributed by atoms with Crippen LogP contribution in [0.5, 0.6) is 11.5 Å². The number of rotatable bonds is 4. The van der Waals surface area contributed by atoms with E-state index in [1.165, 1.54) is 11.3 Å². The number of hydrogen-bond acceptors (Lipinski definition) is 7. The number of nitrogens with one attached hydrogen (secondary N) is 1. The lowest BCUT2D eigenvalue weighted by molar-refractivity contribution is -0.121. The second-order valence-electron chi connectivity index (χ2n) is 10.8. The molecule has 41 heavy (non-hydrogen) atoms. The number of amides is 1. The number of ketones is 2. The number of carbonyl (C=O) groups is 3. The lowest BCUT2D eigenvalue weighted by Gasteiger charge is -2.39. The van der Waals surface area contributed by atoms with Gasteiger partial charge in [-0.3, -0.25) is 14.4 Å². The lowest BCUT2D eigenvalue weighted by atomic mass is 9.64. The molecule has 7 nitrogen and oxygen atoms in total. The number of benzene rings is 3. The summed E-state index contributed by atoms with van der Waals surface area (Å²) in [4.78, 5) is 46.5. The monoisotopic (exact) mass is 560 g/mol. The number of fused-ring (bicyclic) bond motifs is 7. The third-order valence-corrected chi connectivity index (χ3v) is 9.74. The largest absolute Gasteiger partial charge is 0.454 e. The first-order valence-electron chi connectivity index (χ1n) is 13.5.